The second-order valence-corrected chi connectivity index (χ2v) is 5.19. The van der Waals surface area contributed by atoms with Gasteiger partial charge in [0.1, 0.15) is 16.6 Å². The van der Waals surface area contributed by atoms with E-state index in [1.807, 2.05) is 6.07 Å². The minimum absolute atomic E-state index is 0.120. The lowest BCUT2D eigenvalue weighted by Gasteiger charge is -2.00. The van der Waals surface area contributed by atoms with Crippen molar-refractivity contribution in [3.8, 4) is 27.9 Å². The van der Waals surface area contributed by atoms with Gasteiger partial charge in [-0.3, -0.25) is 0 Å². The van der Waals surface area contributed by atoms with E-state index in [1.165, 1.54) is 29.5 Å². The second kappa shape index (κ2) is 5.43. The number of thiazole rings is 1. The summed E-state index contributed by atoms with van der Waals surface area (Å²) in [4.78, 5) is 4.28. The normalized spacial score (nSPS) is 10.3. The van der Waals surface area contributed by atoms with Gasteiger partial charge in [-0.05, 0) is 24.3 Å². The molecule has 1 aromatic heterocycles. The minimum Gasteiger partial charge on any atom is -0.236 e. The lowest BCUT2D eigenvalue weighted by molar-refractivity contribution is 0.589. The van der Waals surface area contributed by atoms with Crippen LogP contribution in [0.1, 0.15) is 5.56 Å². The van der Waals surface area contributed by atoms with Crippen LogP contribution in [0.2, 0.25) is 0 Å². The van der Waals surface area contributed by atoms with E-state index in [4.69, 9.17) is 5.26 Å². The summed E-state index contributed by atoms with van der Waals surface area (Å²) < 4.78 is 27.5. The highest BCUT2D eigenvalue weighted by Gasteiger charge is 2.15. The minimum atomic E-state index is -0.637. The van der Waals surface area contributed by atoms with Gasteiger partial charge in [-0.25, -0.2) is 13.8 Å². The van der Waals surface area contributed by atoms with Crippen LogP contribution < -0.4 is 0 Å². The number of hydrogen-bond donors (Lipinski definition) is 0. The Balaban J connectivity index is 2.06. The molecule has 0 bridgehead atoms. The first-order chi connectivity index (χ1) is 10.2. The van der Waals surface area contributed by atoms with E-state index >= 15 is 0 Å². The molecular formula is C16H8F2N2S. The van der Waals surface area contributed by atoms with E-state index in [2.05, 4.69) is 4.98 Å². The van der Waals surface area contributed by atoms with Crippen molar-refractivity contribution in [1.82, 2.24) is 4.98 Å². The van der Waals surface area contributed by atoms with Crippen molar-refractivity contribution in [1.29, 1.82) is 5.26 Å². The SMILES string of the molecule is N#Cc1cccc(-c2csc(-c3c(F)cccc3F)n2)c1. The zero-order valence-electron chi connectivity index (χ0n) is 10.7. The number of rotatable bonds is 2. The summed E-state index contributed by atoms with van der Waals surface area (Å²) in [6, 6.07) is 12.7. The molecule has 0 N–H and O–H groups in total. The summed E-state index contributed by atoms with van der Waals surface area (Å²) in [5.41, 5.74) is 1.73. The van der Waals surface area contributed by atoms with Crippen molar-refractivity contribution in [2.75, 3.05) is 0 Å². The highest BCUT2D eigenvalue weighted by Crippen LogP contribution is 2.32. The fourth-order valence-corrected chi connectivity index (χ4v) is 2.85. The molecule has 0 atom stereocenters. The monoisotopic (exact) mass is 298 g/mol. The Morgan fingerprint density at radius 3 is 2.48 bits per heavy atom. The smallest absolute Gasteiger partial charge is 0.136 e. The number of benzene rings is 2. The fraction of sp³-hybridized carbons (Fsp3) is 0. The number of halogens is 2. The standard InChI is InChI=1S/C16H8F2N2S/c17-12-5-2-6-13(18)15(12)16-20-14(9-21-16)11-4-1-3-10(7-11)8-19/h1-7,9H. The molecule has 0 spiro atoms. The van der Waals surface area contributed by atoms with Gasteiger partial charge in [0.05, 0.1) is 22.9 Å². The van der Waals surface area contributed by atoms with Crippen molar-refractivity contribution in [2.45, 2.75) is 0 Å². The van der Waals surface area contributed by atoms with E-state index in [0.717, 1.165) is 5.56 Å². The average molecular weight is 298 g/mol. The largest absolute Gasteiger partial charge is 0.236 e. The zero-order chi connectivity index (χ0) is 14.8. The third-order valence-corrected chi connectivity index (χ3v) is 3.83. The van der Waals surface area contributed by atoms with Gasteiger partial charge in [-0.2, -0.15) is 5.26 Å². The highest BCUT2D eigenvalue weighted by molar-refractivity contribution is 7.13. The third kappa shape index (κ3) is 2.54. The van der Waals surface area contributed by atoms with Crippen LogP contribution >= 0.6 is 11.3 Å². The molecule has 0 aliphatic carbocycles. The van der Waals surface area contributed by atoms with Gasteiger partial charge in [0.25, 0.3) is 0 Å². The van der Waals surface area contributed by atoms with Crippen molar-refractivity contribution < 1.29 is 8.78 Å². The molecule has 102 valence electrons. The molecule has 0 unspecified atom stereocenters. The van der Waals surface area contributed by atoms with Crippen LogP contribution in [-0.2, 0) is 0 Å². The first kappa shape index (κ1) is 13.4. The Labute approximate surface area is 123 Å². The average Bonchev–Trinajstić information content (AvgIpc) is 2.97. The molecule has 0 radical (unpaired) electrons. The molecule has 3 aromatic rings. The maximum absolute atomic E-state index is 13.8. The summed E-state index contributed by atoms with van der Waals surface area (Å²) in [6.45, 7) is 0. The van der Waals surface area contributed by atoms with Crippen molar-refractivity contribution in [2.24, 2.45) is 0 Å². The van der Waals surface area contributed by atoms with Crippen LogP contribution in [0.5, 0.6) is 0 Å². The zero-order valence-corrected chi connectivity index (χ0v) is 11.5. The van der Waals surface area contributed by atoms with Crippen LogP contribution in [-0.4, -0.2) is 4.98 Å². The van der Waals surface area contributed by atoms with Crippen LogP contribution in [0.25, 0.3) is 21.8 Å². The Hall–Kier alpha value is -2.58. The topological polar surface area (TPSA) is 36.7 Å². The fourth-order valence-electron chi connectivity index (χ4n) is 1.97. The van der Waals surface area contributed by atoms with Gasteiger partial charge < -0.3 is 0 Å². The van der Waals surface area contributed by atoms with Crippen molar-refractivity contribution in [3.63, 3.8) is 0 Å². The first-order valence-electron chi connectivity index (χ1n) is 6.09. The molecule has 1 heterocycles. The number of nitriles is 1. The third-order valence-electron chi connectivity index (χ3n) is 2.97. The molecule has 0 amide bonds. The van der Waals surface area contributed by atoms with Crippen LogP contribution in [0.3, 0.4) is 0 Å². The Morgan fingerprint density at radius 1 is 1.05 bits per heavy atom. The van der Waals surface area contributed by atoms with E-state index in [-0.39, 0.29) is 10.6 Å². The predicted molar refractivity (Wildman–Crippen MR) is 77.6 cm³/mol. The summed E-state index contributed by atoms with van der Waals surface area (Å²) in [6.07, 6.45) is 0. The van der Waals surface area contributed by atoms with Crippen molar-refractivity contribution in [3.05, 3.63) is 65.0 Å². The molecule has 0 saturated heterocycles. The molecule has 0 aliphatic rings. The molecule has 3 rings (SSSR count). The Bertz CT molecular complexity index is 829. The van der Waals surface area contributed by atoms with Gasteiger partial charge in [0, 0.05) is 10.9 Å². The quantitative estimate of drug-likeness (QED) is 0.691. The number of aromatic nitrogens is 1. The second-order valence-electron chi connectivity index (χ2n) is 4.33. The summed E-state index contributed by atoms with van der Waals surface area (Å²) in [5, 5.41) is 10.9. The summed E-state index contributed by atoms with van der Waals surface area (Å²) >= 11 is 1.17. The van der Waals surface area contributed by atoms with Gasteiger partial charge >= 0.3 is 0 Å². The van der Waals surface area contributed by atoms with Gasteiger partial charge in [0.15, 0.2) is 0 Å². The van der Waals surface area contributed by atoms with Gasteiger partial charge in [0.2, 0.25) is 0 Å². The van der Waals surface area contributed by atoms with Crippen LogP contribution in [0.4, 0.5) is 8.78 Å². The summed E-state index contributed by atoms with van der Waals surface area (Å²) in [7, 11) is 0. The lowest BCUT2D eigenvalue weighted by Crippen LogP contribution is -1.89. The Morgan fingerprint density at radius 2 is 1.76 bits per heavy atom. The molecular weight excluding hydrogens is 290 g/mol. The van der Waals surface area contributed by atoms with E-state index in [9.17, 15) is 8.78 Å². The maximum Gasteiger partial charge on any atom is 0.136 e. The predicted octanol–water partition coefficient (Wildman–Crippen LogP) is 4.63. The molecule has 0 fully saturated rings. The van der Waals surface area contributed by atoms with Gasteiger partial charge in [-0.1, -0.05) is 18.2 Å². The number of nitrogens with zero attached hydrogens (tertiary/aromatic N) is 2. The highest BCUT2D eigenvalue weighted by atomic mass is 32.1. The van der Waals surface area contributed by atoms with Gasteiger partial charge in [-0.15, -0.1) is 11.3 Å². The molecule has 5 heteroatoms. The molecule has 0 saturated carbocycles. The molecule has 0 aliphatic heterocycles. The summed E-state index contributed by atoms with van der Waals surface area (Å²) in [5.74, 6) is -1.27. The van der Waals surface area contributed by atoms with E-state index < -0.39 is 11.6 Å². The Kier molecular flexibility index (Phi) is 3.46. The van der Waals surface area contributed by atoms with E-state index in [0.29, 0.717) is 11.3 Å². The first-order valence-corrected chi connectivity index (χ1v) is 6.97. The van der Waals surface area contributed by atoms with Crippen molar-refractivity contribution >= 4 is 11.3 Å². The lowest BCUT2D eigenvalue weighted by atomic mass is 10.1. The van der Waals surface area contributed by atoms with Crippen LogP contribution in [0, 0.1) is 23.0 Å². The van der Waals surface area contributed by atoms with E-state index in [1.54, 1.807) is 29.6 Å². The number of hydrogen-bond acceptors (Lipinski definition) is 3. The van der Waals surface area contributed by atoms with Crippen LogP contribution in [0.15, 0.2) is 47.8 Å². The molecule has 2 aromatic carbocycles. The maximum atomic E-state index is 13.8. The molecule has 2 nitrogen and oxygen atoms in total. The molecule has 21 heavy (non-hydrogen) atoms.